The minimum Gasteiger partial charge on any atom is -0.384 e. The van der Waals surface area contributed by atoms with Crippen LogP contribution in [-0.4, -0.2) is 26.5 Å². The van der Waals surface area contributed by atoms with Crippen LogP contribution in [0.1, 0.15) is 29.0 Å². The number of hydrogen-bond acceptors (Lipinski definition) is 3. The summed E-state index contributed by atoms with van der Waals surface area (Å²) in [6, 6.07) is 23.7. The molecule has 0 aliphatic carbocycles. The maximum absolute atomic E-state index is 14.5. The number of aromatic nitrogens is 3. The van der Waals surface area contributed by atoms with E-state index in [4.69, 9.17) is 9.84 Å². The molecule has 0 radical (unpaired) electrons. The maximum Gasteiger partial charge on any atom is 0.159 e. The lowest BCUT2D eigenvalue weighted by Gasteiger charge is -2.28. The first-order valence-corrected chi connectivity index (χ1v) is 12.9. The molecule has 204 valence electrons. The summed E-state index contributed by atoms with van der Waals surface area (Å²) in [7, 11) is 0. The zero-order valence-corrected chi connectivity index (χ0v) is 21.3. The van der Waals surface area contributed by atoms with E-state index in [9.17, 15) is 22.7 Å². The third kappa shape index (κ3) is 4.13. The Hall–Kier alpha value is -4.73. The van der Waals surface area contributed by atoms with Crippen LogP contribution in [0.5, 0.6) is 0 Å². The van der Waals surface area contributed by atoms with Crippen molar-refractivity contribution < 1.29 is 27.4 Å². The van der Waals surface area contributed by atoms with Gasteiger partial charge in [-0.2, -0.15) is 5.10 Å². The first-order valence-electron chi connectivity index (χ1n) is 12.9. The third-order valence-electron chi connectivity index (χ3n) is 7.36. The third-order valence-corrected chi connectivity index (χ3v) is 7.36. The van der Waals surface area contributed by atoms with Gasteiger partial charge in [-0.25, -0.2) is 22.2 Å². The second-order valence-corrected chi connectivity index (χ2v) is 9.85. The standard InChI is InChI=1S/C32H21F4N3O2/c33-21-12-10-17(14-23(21)35)27-20-8-4-5-9-25(20)37-29(27)30-28-31(39(38-30)19-6-2-1-3-7-19)26(40)16-41-32(28)18-11-13-22(34)24(36)15-18/h1-15,26,32,37,40H,16H2/t26-,32-/m1/s1. The largest absolute Gasteiger partial charge is 0.384 e. The number of H-pyrrole nitrogens is 1. The smallest absolute Gasteiger partial charge is 0.159 e. The van der Waals surface area contributed by atoms with Gasteiger partial charge in [0.25, 0.3) is 0 Å². The van der Waals surface area contributed by atoms with Crippen LogP contribution in [0.3, 0.4) is 0 Å². The van der Waals surface area contributed by atoms with Crippen molar-refractivity contribution in [3.63, 3.8) is 0 Å². The molecule has 5 nitrogen and oxygen atoms in total. The van der Waals surface area contributed by atoms with E-state index in [0.717, 1.165) is 29.7 Å². The van der Waals surface area contributed by atoms with Crippen LogP contribution < -0.4 is 0 Å². The lowest BCUT2D eigenvalue weighted by atomic mass is 9.91. The number of ether oxygens (including phenoxy) is 1. The summed E-state index contributed by atoms with van der Waals surface area (Å²) in [6.45, 7) is -0.114. The quantitative estimate of drug-likeness (QED) is 0.223. The van der Waals surface area contributed by atoms with Gasteiger partial charge in [-0.1, -0.05) is 48.5 Å². The van der Waals surface area contributed by atoms with Crippen molar-refractivity contribution in [1.82, 2.24) is 14.8 Å². The number of aliphatic hydroxyl groups excluding tert-OH is 1. The number of rotatable bonds is 4. The van der Waals surface area contributed by atoms with Gasteiger partial charge in [0.05, 0.1) is 23.7 Å². The molecule has 0 saturated carbocycles. The van der Waals surface area contributed by atoms with E-state index in [1.54, 1.807) is 4.68 Å². The van der Waals surface area contributed by atoms with Gasteiger partial charge in [0.2, 0.25) is 0 Å². The minimum absolute atomic E-state index is 0.114. The molecular formula is C32H21F4N3O2. The van der Waals surface area contributed by atoms with Gasteiger partial charge in [-0.05, 0) is 53.6 Å². The zero-order chi connectivity index (χ0) is 28.2. The molecule has 0 unspecified atom stereocenters. The minimum atomic E-state index is -1.09. The van der Waals surface area contributed by atoms with Crippen LogP contribution in [-0.2, 0) is 4.74 Å². The Kier molecular flexibility index (Phi) is 5.99. The van der Waals surface area contributed by atoms with Crippen molar-refractivity contribution in [3.05, 3.63) is 131 Å². The summed E-state index contributed by atoms with van der Waals surface area (Å²) >= 11 is 0. The molecule has 0 spiro atoms. The van der Waals surface area contributed by atoms with Crippen molar-refractivity contribution in [2.45, 2.75) is 12.2 Å². The van der Waals surface area contributed by atoms with Crippen LogP contribution in [0.4, 0.5) is 17.6 Å². The molecular weight excluding hydrogens is 534 g/mol. The van der Waals surface area contributed by atoms with Crippen LogP contribution in [0, 0.1) is 23.3 Å². The van der Waals surface area contributed by atoms with Gasteiger partial charge in [0.1, 0.15) is 17.9 Å². The van der Waals surface area contributed by atoms with Crippen LogP contribution in [0.15, 0.2) is 91.0 Å². The average Bonchev–Trinajstić information content (AvgIpc) is 3.57. The number of aromatic amines is 1. The Bertz CT molecular complexity index is 1930. The highest BCUT2D eigenvalue weighted by molar-refractivity contribution is 6.03. The monoisotopic (exact) mass is 555 g/mol. The van der Waals surface area contributed by atoms with Crippen molar-refractivity contribution in [1.29, 1.82) is 0 Å². The van der Waals surface area contributed by atoms with E-state index in [0.29, 0.717) is 50.5 Å². The van der Waals surface area contributed by atoms with E-state index < -0.39 is 35.5 Å². The maximum atomic E-state index is 14.5. The van der Waals surface area contributed by atoms with E-state index in [1.165, 1.54) is 12.1 Å². The van der Waals surface area contributed by atoms with Crippen molar-refractivity contribution in [3.8, 4) is 28.2 Å². The topological polar surface area (TPSA) is 63.1 Å². The van der Waals surface area contributed by atoms with E-state index in [-0.39, 0.29) is 6.61 Å². The number of para-hydroxylation sites is 2. The number of benzene rings is 4. The highest BCUT2D eigenvalue weighted by Crippen LogP contribution is 2.47. The number of aliphatic hydroxyl groups is 1. The summed E-state index contributed by atoms with van der Waals surface area (Å²) in [5.41, 5.74) is 4.34. The SMILES string of the molecule is O[C@@H]1CO[C@H](c2ccc(F)c(F)c2)c2c(-c3[nH]c4ccccc4c3-c3ccc(F)c(F)c3)nn(-c3ccccc3)c21. The second kappa shape index (κ2) is 9.72. The van der Waals surface area contributed by atoms with Gasteiger partial charge in [-0.15, -0.1) is 0 Å². The molecule has 6 aromatic rings. The molecule has 4 aromatic carbocycles. The van der Waals surface area contributed by atoms with Crippen molar-refractivity contribution in [2.24, 2.45) is 0 Å². The normalized spacial score (nSPS) is 16.7. The molecule has 9 heteroatoms. The van der Waals surface area contributed by atoms with Gasteiger partial charge in [-0.3, -0.25) is 0 Å². The Labute approximate surface area is 231 Å². The van der Waals surface area contributed by atoms with Gasteiger partial charge < -0.3 is 14.8 Å². The predicted molar refractivity (Wildman–Crippen MR) is 145 cm³/mol. The Morgan fingerprint density at radius 3 is 2.27 bits per heavy atom. The molecule has 7 rings (SSSR count). The molecule has 1 aliphatic heterocycles. The van der Waals surface area contributed by atoms with Gasteiger partial charge in [0, 0.05) is 22.0 Å². The Morgan fingerprint density at radius 2 is 1.51 bits per heavy atom. The van der Waals surface area contributed by atoms with E-state index >= 15 is 0 Å². The second-order valence-electron chi connectivity index (χ2n) is 9.85. The fourth-order valence-electron chi connectivity index (χ4n) is 5.53. The van der Waals surface area contributed by atoms with Crippen LogP contribution in [0.25, 0.3) is 39.1 Å². The molecule has 1 aliphatic rings. The lowest BCUT2D eigenvalue weighted by molar-refractivity contribution is -0.0162. The first kappa shape index (κ1) is 25.3. The highest BCUT2D eigenvalue weighted by atomic mass is 19.2. The average molecular weight is 556 g/mol. The number of halogens is 4. The highest BCUT2D eigenvalue weighted by Gasteiger charge is 2.38. The fourth-order valence-corrected chi connectivity index (χ4v) is 5.53. The fraction of sp³-hybridized carbons (Fsp3) is 0.0938. The molecule has 0 fully saturated rings. The summed E-state index contributed by atoms with van der Waals surface area (Å²) in [5, 5.41) is 16.9. The lowest BCUT2D eigenvalue weighted by Crippen LogP contribution is -2.23. The first-order chi connectivity index (χ1) is 19.9. The van der Waals surface area contributed by atoms with Gasteiger partial charge in [0.15, 0.2) is 23.3 Å². The van der Waals surface area contributed by atoms with E-state index in [2.05, 4.69) is 4.98 Å². The molecule has 0 bridgehead atoms. The van der Waals surface area contributed by atoms with E-state index in [1.807, 2.05) is 54.6 Å². The molecule has 3 heterocycles. The van der Waals surface area contributed by atoms with Crippen LogP contribution in [0.2, 0.25) is 0 Å². The predicted octanol–water partition coefficient (Wildman–Crippen LogP) is 7.40. The Balaban J connectivity index is 1.56. The molecule has 2 atom stereocenters. The van der Waals surface area contributed by atoms with Crippen LogP contribution >= 0.6 is 0 Å². The summed E-state index contributed by atoms with van der Waals surface area (Å²) in [5.74, 6) is -4.02. The summed E-state index contributed by atoms with van der Waals surface area (Å²) < 4.78 is 64.4. The Morgan fingerprint density at radius 1 is 0.805 bits per heavy atom. The zero-order valence-electron chi connectivity index (χ0n) is 21.3. The molecule has 41 heavy (non-hydrogen) atoms. The van der Waals surface area contributed by atoms with Gasteiger partial charge >= 0.3 is 0 Å². The van der Waals surface area contributed by atoms with Crippen molar-refractivity contribution >= 4 is 10.9 Å². The summed E-state index contributed by atoms with van der Waals surface area (Å²) in [6.07, 6.45) is -2.01. The summed E-state index contributed by atoms with van der Waals surface area (Å²) in [4.78, 5) is 3.37. The number of nitrogens with one attached hydrogen (secondary N) is 1. The molecule has 0 saturated heterocycles. The van der Waals surface area contributed by atoms with Crippen molar-refractivity contribution in [2.75, 3.05) is 6.61 Å². The molecule has 2 N–H and O–H groups in total. The number of nitrogens with zero attached hydrogens (tertiary/aromatic N) is 2. The molecule has 2 aromatic heterocycles. The number of fused-ring (bicyclic) bond motifs is 2. The number of hydrogen-bond donors (Lipinski definition) is 2. The molecule has 0 amide bonds.